The Hall–Kier alpha value is -3.43. The lowest BCUT2D eigenvalue weighted by Gasteiger charge is -2.08. The summed E-state index contributed by atoms with van der Waals surface area (Å²) < 4.78 is 43.2. The molecule has 2 aromatic carbocycles. The van der Waals surface area contributed by atoms with Gasteiger partial charge in [0.1, 0.15) is 5.75 Å². The molecule has 0 aliphatic carbocycles. The van der Waals surface area contributed by atoms with Crippen LogP contribution in [0.25, 0.3) is 0 Å². The smallest absolute Gasteiger partial charge is 0.416 e. The molecule has 0 aliphatic heterocycles. The van der Waals surface area contributed by atoms with Crippen LogP contribution in [-0.2, 0) is 17.4 Å². The van der Waals surface area contributed by atoms with Gasteiger partial charge in [-0.05, 0) is 18.2 Å². The van der Waals surface area contributed by atoms with Crippen LogP contribution in [0.2, 0.25) is 0 Å². The number of para-hydroxylation sites is 1. The number of rotatable bonds is 6. The van der Waals surface area contributed by atoms with Gasteiger partial charge < -0.3 is 4.74 Å². The van der Waals surface area contributed by atoms with Crippen LogP contribution in [0.1, 0.15) is 16.7 Å². The highest BCUT2D eigenvalue weighted by Crippen LogP contribution is 2.33. The average Bonchev–Trinajstić information content (AvgIpc) is 2.61. The number of alkyl halides is 3. The molecule has 0 radical (unpaired) electrons. The van der Waals surface area contributed by atoms with Crippen LogP contribution in [-0.4, -0.2) is 24.2 Å². The van der Waals surface area contributed by atoms with Crippen molar-refractivity contribution < 1.29 is 27.6 Å². The SMILES string of the molecule is COc1ccccc1C=NNC(=O)Cc1ccc(C(F)(F)F)cc1[N+](=O)[O-]. The van der Waals surface area contributed by atoms with Crippen LogP contribution in [0.4, 0.5) is 18.9 Å². The molecule has 1 amide bonds. The molecular weight excluding hydrogens is 367 g/mol. The Labute approximate surface area is 151 Å². The van der Waals surface area contributed by atoms with Crippen LogP contribution < -0.4 is 10.2 Å². The second-order valence-electron chi connectivity index (χ2n) is 5.31. The molecule has 0 unspecified atom stereocenters. The van der Waals surface area contributed by atoms with Gasteiger partial charge in [-0.25, -0.2) is 5.43 Å². The molecule has 0 saturated heterocycles. The molecule has 0 saturated carbocycles. The quantitative estimate of drug-likeness (QED) is 0.472. The minimum Gasteiger partial charge on any atom is -0.496 e. The van der Waals surface area contributed by atoms with Crippen molar-refractivity contribution in [1.29, 1.82) is 0 Å². The third-order valence-electron chi connectivity index (χ3n) is 3.49. The van der Waals surface area contributed by atoms with E-state index >= 15 is 0 Å². The summed E-state index contributed by atoms with van der Waals surface area (Å²) >= 11 is 0. The Morgan fingerprint density at radius 3 is 2.63 bits per heavy atom. The normalized spacial score (nSPS) is 11.4. The van der Waals surface area contributed by atoms with Crippen molar-refractivity contribution >= 4 is 17.8 Å². The zero-order valence-corrected chi connectivity index (χ0v) is 14.0. The van der Waals surface area contributed by atoms with Gasteiger partial charge in [0.2, 0.25) is 5.91 Å². The van der Waals surface area contributed by atoms with Crippen LogP contribution in [0, 0.1) is 10.1 Å². The van der Waals surface area contributed by atoms with Crippen molar-refractivity contribution in [2.75, 3.05) is 7.11 Å². The number of carbonyl (C=O) groups excluding carboxylic acids is 1. The highest BCUT2D eigenvalue weighted by atomic mass is 19.4. The first-order chi connectivity index (χ1) is 12.7. The van der Waals surface area contributed by atoms with Gasteiger partial charge in [0, 0.05) is 17.2 Å². The number of halogens is 3. The first-order valence-corrected chi connectivity index (χ1v) is 7.52. The number of hydrogen-bond acceptors (Lipinski definition) is 5. The topological polar surface area (TPSA) is 93.8 Å². The first kappa shape index (κ1) is 19.9. The third kappa shape index (κ3) is 5.27. The summed E-state index contributed by atoms with van der Waals surface area (Å²) in [6, 6.07) is 8.86. The van der Waals surface area contributed by atoms with Gasteiger partial charge >= 0.3 is 6.18 Å². The van der Waals surface area contributed by atoms with Crippen molar-refractivity contribution in [1.82, 2.24) is 5.43 Å². The van der Waals surface area contributed by atoms with E-state index in [2.05, 4.69) is 10.5 Å². The van der Waals surface area contributed by atoms with Gasteiger partial charge in [0.25, 0.3) is 5.69 Å². The van der Waals surface area contributed by atoms with Gasteiger partial charge in [-0.2, -0.15) is 18.3 Å². The number of ether oxygens (including phenoxy) is 1. The number of amides is 1. The van der Waals surface area contributed by atoms with E-state index < -0.39 is 34.7 Å². The summed E-state index contributed by atoms with van der Waals surface area (Å²) in [6.45, 7) is 0. The van der Waals surface area contributed by atoms with Crippen LogP contribution in [0.5, 0.6) is 5.75 Å². The molecule has 0 atom stereocenters. The summed E-state index contributed by atoms with van der Waals surface area (Å²) in [5, 5.41) is 14.7. The second-order valence-corrected chi connectivity index (χ2v) is 5.31. The van der Waals surface area contributed by atoms with Crippen molar-refractivity contribution in [2.24, 2.45) is 5.10 Å². The number of nitrogens with zero attached hydrogens (tertiary/aromatic N) is 2. The standard InChI is InChI=1S/C17H14F3N3O4/c1-27-15-5-3-2-4-12(15)10-21-22-16(24)8-11-6-7-13(17(18,19)20)9-14(11)23(25)26/h2-7,9-10H,8H2,1H3,(H,22,24). The molecule has 10 heteroatoms. The Morgan fingerprint density at radius 1 is 1.30 bits per heavy atom. The fourth-order valence-electron chi connectivity index (χ4n) is 2.22. The highest BCUT2D eigenvalue weighted by molar-refractivity contribution is 5.86. The number of hydrazone groups is 1. The lowest BCUT2D eigenvalue weighted by atomic mass is 10.1. The molecule has 0 heterocycles. The van der Waals surface area contributed by atoms with Crippen LogP contribution in [0.15, 0.2) is 47.6 Å². The van der Waals surface area contributed by atoms with Crippen molar-refractivity contribution in [3.05, 3.63) is 69.3 Å². The van der Waals surface area contributed by atoms with Gasteiger partial charge in [-0.15, -0.1) is 0 Å². The van der Waals surface area contributed by atoms with E-state index in [1.807, 2.05) is 0 Å². The zero-order chi connectivity index (χ0) is 20.0. The Morgan fingerprint density at radius 2 is 2.00 bits per heavy atom. The summed E-state index contributed by atoms with van der Waals surface area (Å²) in [5.41, 5.74) is 0.658. The van der Waals surface area contributed by atoms with Gasteiger partial charge in [0.05, 0.1) is 30.2 Å². The second kappa shape index (κ2) is 8.30. The maximum Gasteiger partial charge on any atom is 0.416 e. The van der Waals surface area contributed by atoms with E-state index in [0.717, 1.165) is 6.07 Å². The molecule has 27 heavy (non-hydrogen) atoms. The molecule has 0 aromatic heterocycles. The van der Waals surface area contributed by atoms with Gasteiger partial charge in [-0.1, -0.05) is 18.2 Å². The van der Waals surface area contributed by atoms with Crippen molar-refractivity contribution in [3.8, 4) is 5.75 Å². The van der Waals surface area contributed by atoms with Crippen molar-refractivity contribution in [2.45, 2.75) is 12.6 Å². The number of methoxy groups -OCH3 is 1. The molecule has 0 fully saturated rings. The Kier molecular flexibility index (Phi) is 6.11. The number of carbonyl (C=O) groups is 1. The Balaban J connectivity index is 2.11. The number of hydrogen-bond donors (Lipinski definition) is 1. The van der Waals surface area contributed by atoms with E-state index in [0.29, 0.717) is 23.4 Å². The first-order valence-electron chi connectivity index (χ1n) is 7.52. The molecule has 2 rings (SSSR count). The fraction of sp³-hybridized carbons (Fsp3) is 0.176. The molecule has 2 aromatic rings. The Bertz CT molecular complexity index is 882. The molecule has 142 valence electrons. The summed E-state index contributed by atoms with van der Waals surface area (Å²) in [6.07, 6.45) is -3.90. The van der Waals surface area contributed by atoms with Crippen LogP contribution in [0.3, 0.4) is 0 Å². The molecule has 1 N–H and O–H groups in total. The number of nitro benzene ring substituents is 1. The largest absolute Gasteiger partial charge is 0.496 e. The van der Waals surface area contributed by atoms with E-state index in [-0.39, 0.29) is 5.56 Å². The maximum absolute atomic E-state index is 12.7. The summed E-state index contributed by atoms with van der Waals surface area (Å²) in [4.78, 5) is 22.0. The van der Waals surface area contributed by atoms with Gasteiger partial charge in [0.15, 0.2) is 0 Å². The van der Waals surface area contributed by atoms with E-state index in [4.69, 9.17) is 4.74 Å². The third-order valence-corrected chi connectivity index (χ3v) is 3.49. The molecular formula is C17H14F3N3O4. The zero-order valence-electron chi connectivity index (χ0n) is 14.0. The van der Waals surface area contributed by atoms with E-state index in [1.54, 1.807) is 24.3 Å². The molecule has 0 spiro atoms. The number of benzene rings is 2. The summed E-state index contributed by atoms with van der Waals surface area (Å²) in [7, 11) is 1.47. The lowest BCUT2D eigenvalue weighted by Crippen LogP contribution is -2.20. The van der Waals surface area contributed by atoms with Crippen LogP contribution >= 0.6 is 0 Å². The van der Waals surface area contributed by atoms with E-state index in [1.165, 1.54) is 13.3 Å². The monoisotopic (exact) mass is 381 g/mol. The highest BCUT2D eigenvalue weighted by Gasteiger charge is 2.33. The molecule has 0 bridgehead atoms. The average molecular weight is 381 g/mol. The maximum atomic E-state index is 12.7. The van der Waals surface area contributed by atoms with E-state index in [9.17, 15) is 28.1 Å². The predicted molar refractivity (Wildman–Crippen MR) is 90.5 cm³/mol. The van der Waals surface area contributed by atoms with Crippen molar-refractivity contribution in [3.63, 3.8) is 0 Å². The van der Waals surface area contributed by atoms with Gasteiger partial charge in [-0.3, -0.25) is 14.9 Å². The fourth-order valence-corrected chi connectivity index (χ4v) is 2.22. The molecule has 0 aliphatic rings. The molecule has 7 nitrogen and oxygen atoms in total. The minimum atomic E-state index is -4.72. The summed E-state index contributed by atoms with van der Waals surface area (Å²) in [5.74, 6) is -0.196. The minimum absolute atomic E-state index is 0.155. The predicted octanol–water partition coefficient (Wildman–Crippen LogP) is 3.32. The number of nitrogens with one attached hydrogen (secondary N) is 1. The lowest BCUT2D eigenvalue weighted by molar-refractivity contribution is -0.385. The number of nitro groups is 1.